The lowest BCUT2D eigenvalue weighted by Gasteiger charge is -2.32. The minimum atomic E-state index is -4.80. The number of fused-ring (bicyclic) bond motifs is 1. The molecule has 2 heterocycles. The van der Waals surface area contributed by atoms with E-state index in [1.54, 1.807) is 29.5 Å². The monoisotopic (exact) mass is 558 g/mol. The average molecular weight is 559 g/mol. The van der Waals surface area contributed by atoms with E-state index >= 15 is 0 Å². The Morgan fingerprint density at radius 3 is 2.43 bits per heavy atom. The van der Waals surface area contributed by atoms with Gasteiger partial charge in [0.1, 0.15) is 5.75 Å². The average Bonchev–Trinajstić information content (AvgIpc) is 3.14. The molecule has 0 radical (unpaired) electrons. The number of carboxylic acids is 1. The number of aliphatic carboxylic acids is 1. The zero-order valence-electron chi connectivity index (χ0n) is 20.4. The number of rotatable bonds is 8. The number of carbonyl (C=O) groups excluding carboxylic acids is 1. The molecule has 0 bridgehead atoms. The minimum absolute atomic E-state index is 0.0282. The maximum Gasteiger partial charge on any atom is 0.573 e. The number of carbonyl (C=O) groups is 2. The smallest absolute Gasteiger partial charge is 0.481 e. The first-order valence-electron chi connectivity index (χ1n) is 11.5. The Hall–Kier alpha value is -2.91. The number of alkyl halides is 3. The van der Waals surface area contributed by atoms with Crippen molar-refractivity contribution in [2.75, 3.05) is 13.1 Å². The van der Waals surface area contributed by atoms with E-state index in [1.807, 2.05) is 0 Å². The van der Waals surface area contributed by atoms with Crippen molar-refractivity contribution in [3.8, 4) is 5.75 Å². The molecule has 0 saturated carbocycles. The summed E-state index contributed by atoms with van der Waals surface area (Å²) in [6.45, 7) is 6.16. The normalized spacial score (nSPS) is 16.4. The molecule has 0 atom stereocenters. The summed E-state index contributed by atoms with van der Waals surface area (Å²) in [6.07, 6.45) is -1.94. The lowest BCUT2D eigenvalue weighted by molar-refractivity contribution is -0.274. The molecule has 0 unspecified atom stereocenters. The largest absolute Gasteiger partial charge is 0.573 e. The van der Waals surface area contributed by atoms with Crippen LogP contribution in [0.2, 0.25) is 0 Å². The number of ether oxygens (including phenoxy) is 1. The zero-order chi connectivity index (χ0) is 27.5. The van der Waals surface area contributed by atoms with Gasteiger partial charge >= 0.3 is 12.3 Å². The molecule has 200 valence electrons. The number of benzene rings is 1. The van der Waals surface area contributed by atoms with Crippen LogP contribution in [0.25, 0.3) is 10.9 Å². The van der Waals surface area contributed by atoms with Crippen LogP contribution in [0.4, 0.5) is 13.2 Å². The van der Waals surface area contributed by atoms with Crippen LogP contribution in [0.5, 0.6) is 5.75 Å². The van der Waals surface area contributed by atoms with Crippen LogP contribution in [0.3, 0.4) is 0 Å². The number of hydrogen-bond donors (Lipinski definition) is 1. The minimum Gasteiger partial charge on any atom is -0.481 e. The maximum atomic E-state index is 13.2. The van der Waals surface area contributed by atoms with Gasteiger partial charge in [0, 0.05) is 60.7 Å². The molecule has 11 heteroatoms. The number of aromatic nitrogens is 1. The van der Waals surface area contributed by atoms with Crippen LogP contribution >= 0.6 is 23.2 Å². The van der Waals surface area contributed by atoms with Gasteiger partial charge in [-0.25, -0.2) is 0 Å². The summed E-state index contributed by atoms with van der Waals surface area (Å²) >= 11 is 13.1. The van der Waals surface area contributed by atoms with Crippen molar-refractivity contribution < 1.29 is 32.6 Å². The molecule has 1 amide bonds. The number of aryl methyl sites for hydroxylation is 1. The Morgan fingerprint density at radius 1 is 1.22 bits per heavy atom. The van der Waals surface area contributed by atoms with Crippen molar-refractivity contribution in [1.82, 2.24) is 9.47 Å². The van der Waals surface area contributed by atoms with Gasteiger partial charge in [0.15, 0.2) is 0 Å². The first-order chi connectivity index (χ1) is 17.3. The van der Waals surface area contributed by atoms with E-state index in [0.717, 1.165) is 0 Å². The van der Waals surface area contributed by atoms with Crippen LogP contribution in [-0.2, 0) is 23.1 Å². The first-order valence-corrected chi connectivity index (χ1v) is 12.3. The summed E-state index contributed by atoms with van der Waals surface area (Å²) in [7, 11) is 1.70. The zero-order valence-corrected chi connectivity index (χ0v) is 21.9. The summed E-state index contributed by atoms with van der Waals surface area (Å²) < 4.78 is 43.7. The number of nitrogens with zero attached hydrogens (tertiary/aromatic N) is 2. The van der Waals surface area contributed by atoms with E-state index in [0.29, 0.717) is 48.1 Å². The molecule has 1 N–H and O–H groups in total. The van der Waals surface area contributed by atoms with Crippen LogP contribution in [0.15, 0.2) is 58.1 Å². The van der Waals surface area contributed by atoms with E-state index in [2.05, 4.69) is 11.3 Å². The second-order valence-corrected chi connectivity index (χ2v) is 9.73. The Morgan fingerprint density at radius 2 is 1.86 bits per heavy atom. The van der Waals surface area contributed by atoms with Crippen molar-refractivity contribution in [3.05, 3.63) is 63.8 Å². The number of piperidine rings is 1. The quantitative estimate of drug-likeness (QED) is 0.295. The molecule has 1 aromatic heterocycles. The molecule has 0 spiro atoms. The van der Waals surface area contributed by atoms with Gasteiger partial charge in [-0.1, -0.05) is 35.9 Å². The summed E-state index contributed by atoms with van der Waals surface area (Å²) in [5.41, 5.74) is 1.94. The highest BCUT2D eigenvalue weighted by molar-refractivity contribution is 6.37. The third-order valence-electron chi connectivity index (χ3n) is 6.46. The molecule has 3 rings (SSSR count). The third kappa shape index (κ3) is 7.11. The summed E-state index contributed by atoms with van der Waals surface area (Å²) in [4.78, 5) is 25.8. The van der Waals surface area contributed by atoms with Gasteiger partial charge in [0.05, 0.1) is 10.5 Å². The van der Waals surface area contributed by atoms with E-state index in [1.165, 1.54) is 24.3 Å². The molecule has 37 heavy (non-hydrogen) atoms. The fourth-order valence-corrected chi connectivity index (χ4v) is 4.91. The van der Waals surface area contributed by atoms with Gasteiger partial charge in [-0.05, 0) is 49.5 Å². The summed E-state index contributed by atoms with van der Waals surface area (Å²) in [5, 5.41) is 10.1. The van der Waals surface area contributed by atoms with Gasteiger partial charge in [-0.2, -0.15) is 0 Å². The SMILES string of the molecule is C=C/C(Cl)=C(Cc1cc2ccc(OC(F)(F)F)cc2n1C)\C(Cl)=C(/C)C(=O)N1CCC(CC(=O)O)CC1. The molecule has 6 nitrogen and oxygen atoms in total. The molecule has 1 aliphatic rings. The number of hydrogen-bond acceptors (Lipinski definition) is 3. The van der Waals surface area contributed by atoms with E-state index < -0.39 is 12.3 Å². The highest BCUT2D eigenvalue weighted by Crippen LogP contribution is 2.33. The predicted octanol–water partition coefficient (Wildman–Crippen LogP) is 6.52. The fraction of sp³-hybridized carbons (Fsp3) is 0.385. The molecule has 1 aromatic carbocycles. The van der Waals surface area contributed by atoms with Crippen LogP contribution in [-0.4, -0.2) is 45.9 Å². The number of allylic oxidation sites excluding steroid dienone is 4. The lowest BCUT2D eigenvalue weighted by atomic mass is 9.93. The van der Waals surface area contributed by atoms with Crippen LogP contribution < -0.4 is 4.74 Å². The van der Waals surface area contributed by atoms with E-state index in [-0.39, 0.29) is 46.1 Å². The van der Waals surface area contributed by atoms with Crippen LogP contribution in [0.1, 0.15) is 31.9 Å². The molecule has 1 fully saturated rings. The Bertz CT molecular complexity index is 1270. The van der Waals surface area contributed by atoms with Crippen molar-refractivity contribution in [3.63, 3.8) is 0 Å². The molecule has 1 saturated heterocycles. The topological polar surface area (TPSA) is 71.8 Å². The number of halogens is 5. The Kier molecular flexibility index (Phi) is 9.02. The van der Waals surface area contributed by atoms with Gasteiger partial charge in [-0.3, -0.25) is 9.59 Å². The van der Waals surface area contributed by atoms with Gasteiger partial charge in [0.2, 0.25) is 0 Å². The number of amides is 1. The predicted molar refractivity (Wildman–Crippen MR) is 136 cm³/mol. The lowest BCUT2D eigenvalue weighted by Crippen LogP contribution is -2.39. The molecule has 0 aliphatic carbocycles. The standard InChI is InChI=1S/C26H27Cl2F3N2O4/c1-4-21(27)20(24(28)15(2)25(36)33-9-7-16(8-10-33)11-23(34)35)13-18-12-17-5-6-19(37-26(29,30)31)14-22(17)32(18)3/h4-6,12,14,16H,1,7-11,13H2,2-3H3,(H,34,35)/b21-20+,24-15-. The van der Waals surface area contributed by atoms with Crippen molar-refractivity contribution >= 4 is 46.0 Å². The highest BCUT2D eigenvalue weighted by Gasteiger charge is 2.31. The van der Waals surface area contributed by atoms with E-state index in [9.17, 15) is 22.8 Å². The number of likely N-dealkylation sites (tertiary alicyclic amines) is 1. The Balaban J connectivity index is 1.86. The van der Waals surface area contributed by atoms with E-state index in [4.69, 9.17) is 28.3 Å². The highest BCUT2D eigenvalue weighted by atomic mass is 35.5. The molecule has 2 aromatic rings. The first kappa shape index (κ1) is 28.7. The third-order valence-corrected chi connectivity index (χ3v) is 7.35. The Labute approximate surface area is 222 Å². The fourth-order valence-electron chi connectivity index (χ4n) is 4.45. The maximum absolute atomic E-state index is 13.2. The van der Waals surface area contributed by atoms with Crippen molar-refractivity contribution in [1.29, 1.82) is 0 Å². The molecule has 1 aliphatic heterocycles. The van der Waals surface area contributed by atoms with Crippen LogP contribution in [0, 0.1) is 5.92 Å². The second kappa shape index (κ2) is 11.6. The van der Waals surface area contributed by atoms with Gasteiger partial charge in [0.25, 0.3) is 5.91 Å². The summed E-state index contributed by atoms with van der Waals surface area (Å²) in [6, 6.07) is 5.86. The van der Waals surface area contributed by atoms with Crippen molar-refractivity contribution in [2.45, 2.75) is 39.0 Å². The summed E-state index contributed by atoms with van der Waals surface area (Å²) in [5.74, 6) is -1.43. The second-order valence-electron chi connectivity index (χ2n) is 8.94. The van der Waals surface area contributed by atoms with Gasteiger partial charge in [-0.15, -0.1) is 13.2 Å². The molecular formula is C26H27Cl2F3N2O4. The van der Waals surface area contributed by atoms with Gasteiger partial charge < -0.3 is 19.3 Å². The molecular weight excluding hydrogens is 532 g/mol. The van der Waals surface area contributed by atoms with Crippen molar-refractivity contribution in [2.24, 2.45) is 13.0 Å². The number of carboxylic acid groups (broad SMARTS) is 1.